The zero-order valence-electron chi connectivity index (χ0n) is 24.5. The second kappa shape index (κ2) is 15.3. The first-order chi connectivity index (χ1) is 21.2. The van der Waals surface area contributed by atoms with E-state index >= 15 is 0 Å². The normalized spacial score (nSPS) is 13.1. The second-order valence-corrected chi connectivity index (χ2v) is 11.3. The average Bonchev–Trinajstić information content (AvgIpc) is 3.53. The van der Waals surface area contributed by atoms with Crippen LogP contribution < -0.4 is 20.7 Å². The standard InChI is InChI=1S/C32H36N3O8P/c1-3-28(35(39)20-36)27(12-10-21-9-11-22-7-5-6-8-23(22)15-21)31(37)33-19-34-32(38)30-14-13-29(43-30)24-16-25(42-4-2)18-26(17-24)44(40)41/h5-9,11,13-18,20,27-28,39,44H,3-4,10,12,19H2,1-2H3,(H,33,37)(H,34,38)(H,40,41)/t27-,28-/m1/s1. The number of ether oxygens (including phenoxy) is 1. The predicted molar refractivity (Wildman–Crippen MR) is 166 cm³/mol. The number of amides is 3. The molecule has 11 nitrogen and oxygen atoms in total. The van der Waals surface area contributed by atoms with E-state index in [0.717, 1.165) is 16.3 Å². The van der Waals surface area contributed by atoms with Gasteiger partial charge < -0.3 is 24.7 Å². The van der Waals surface area contributed by atoms with Gasteiger partial charge in [0, 0.05) is 10.9 Å². The van der Waals surface area contributed by atoms with Crippen molar-refractivity contribution in [1.82, 2.24) is 15.7 Å². The van der Waals surface area contributed by atoms with Crippen LogP contribution in [0.4, 0.5) is 0 Å². The van der Waals surface area contributed by atoms with E-state index in [1.165, 1.54) is 18.2 Å². The number of hydroxylamine groups is 2. The maximum atomic E-state index is 13.3. The van der Waals surface area contributed by atoms with Crippen molar-refractivity contribution in [1.29, 1.82) is 0 Å². The summed E-state index contributed by atoms with van der Waals surface area (Å²) in [5.74, 6) is -1.12. The highest BCUT2D eigenvalue weighted by Crippen LogP contribution is 2.29. The zero-order chi connectivity index (χ0) is 31.6. The van der Waals surface area contributed by atoms with Crippen LogP contribution in [0.25, 0.3) is 22.1 Å². The molecule has 0 spiro atoms. The molecule has 3 aromatic carbocycles. The Morgan fingerprint density at radius 2 is 1.80 bits per heavy atom. The van der Waals surface area contributed by atoms with Gasteiger partial charge in [-0.15, -0.1) is 0 Å². The maximum Gasteiger partial charge on any atom is 0.288 e. The van der Waals surface area contributed by atoms with E-state index in [9.17, 15) is 29.0 Å². The van der Waals surface area contributed by atoms with Gasteiger partial charge >= 0.3 is 0 Å². The minimum Gasteiger partial charge on any atom is -0.494 e. The molecule has 44 heavy (non-hydrogen) atoms. The topological polar surface area (TPSA) is 158 Å². The molecule has 0 fully saturated rings. The minimum absolute atomic E-state index is 0.0314. The van der Waals surface area contributed by atoms with Crippen LogP contribution in [-0.2, 0) is 20.6 Å². The van der Waals surface area contributed by atoms with Crippen molar-refractivity contribution in [2.45, 2.75) is 39.2 Å². The van der Waals surface area contributed by atoms with Crippen molar-refractivity contribution in [3.63, 3.8) is 0 Å². The lowest BCUT2D eigenvalue weighted by atomic mass is 9.89. The van der Waals surface area contributed by atoms with Crippen LogP contribution in [0.1, 0.15) is 42.8 Å². The molecular weight excluding hydrogens is 585 g/mol. The molecule has 0 aliphatic heterocycles. The van der Waals surface area contributed by atoms with Gasteiger partial charge in [0.2, 0.25) is 20.3 Å². The molecule has 4 N–H and O–H groups in total. The van der Waals surface area contributed by atoms with Gasteiger partial charge in [-0.2, -0.15) is 0 Å². The van der Waals surface area contributed by atoms with Crippen molar-refractivity contribution in [3.05, 3.63) is 84.1 Å². The van der Waals surface area contributed by atoms with Crippen LogP contribution in [-0.4, -0.2) is 52.7 Å². The van der Waals surface area contributed by atoms with Gasteiger partial charge in [0.25, 0.3) is 5.91 Å². The summed E-state index contributed by atoms with van der Waals surface area (Å²) in [5.41, 5.74) is 1.48. The van der Waals surface area contributed by atoms with E-state index in [-0.39, 0.29) is 24.1 Å². The van der Waals surface area contributed by atoms with Crippen molar-refractivity contribution < 1.29 is 38.2 Å². The molecule has 0 saturated carbocycles. The van der Waals surface area contributed by atoms with Crippen LogP contribution in [0.2, 0.25) is 0 Å². The molecule has 4 rings (SSSR count). The summed E-state index contributed by atoms with van der Waals surface area (Å²) in [4.78, 5) is 47.0. The molecule has 0 aliphatic rings. The quantitative estimate of drug-likeness (QED) is 0.0504. The summed E-state index contributed by atoms with van der Waals surface area (Å²) >= 11 is 0. The summed E-state index contributed by atoms with van der Waals surface area (Å²) in [6, 6.07) is 20.9. The summed E-state index contributed by atoms with van der Waals surface area (Å²) in [6.45, 7) is 3.71. The fraction of sp³-hybridized carbons (Fsp3) is 0.281. The van der Waals surface area contributed by atoms with E-state index in [1.807, 2.05) is 36.4 Å². The molecule has 0 radical (unpaired) electrons. The molecule has 0 saturated heterocycles. The number of hydrogen-bond acceptors (Lipinski definition) is 7. The maximum absolute atomic E-state index is 13.3. The average molecular weight is 622 g/mol. The smallest absolute Gasteiger partial charge is 0.288 e. The van der Waals surface area contributed by atoms with Crippen LogP contribution in [0.5, 0.6) is 5.75 Å². The fourth-order valence-corrected chi connectivity index (χ4v) is 5.65. The first kappa shape index (κ1) is 32.5. The van der Waals surface area contributed by atoms with E-state index < -0.39 is 31.8 Å². The Hall–Kier alpha value is -4.44. The number of aryl methyl sites for hydroxylation is 1. The molecule has 1 unspecified atom stereocenters. The molecule has 12 heteroatoms. The monoisotopic (exact) mass is 621 g/mol. The van der Waals surface area contributed by atoms with Crippen LogP contribution in [0, 0.1) is 5.92 Å². The Morgan fingerprint density at radius 1 is 1.02 bits per heavy atom. The lowest BCUT2D eigenvalue weighted by molar-refractivity contribution is -0.168. The first-order valence-corrected chi connectivity index (χ1v) is 15.7. The van der Waals surface area contributed by atoms with Gasteiger partial charge in [-0.3, -0.25) is 24.2 Å². The second-order valence-electron chi connectivity index (χ2n) is 10.2. The Bertz CT molecular complexity index is 1640. The predicted octanol–water partition coefficient (Wildman–Crippen LogP) is 4.27. The molecule has 3 amide bonds. The summed E-state index contributed by atoms with van der Waals surface area (Å²) in [5, 5.41) is 18.3. The van der Waals surface area contributed by atoms with Gasteiger partial charge in [-0.05, 0) is 72.9 Å². The summed E-state index contributed by atoms with van der Waals surface area (Å²) in [6.07, 6.45) is 1.51. The van der Waals surface area contributed by atoms with Gasteiger partial charge in [-0.25, -0.2) is 5.06 Å². The lowest BCUT2D eigenvalue weighted by Crippen LogP contribution is -2.47. The molecule has 4 aromatic rings. The number of fused-ring (bicyclic) bond motifs is 1. The zero-order valence-corrected chi connectivity index (χ0v) is 25.5. The van der Waals surface area contributed by atoms with Crippen molar-refractivity contribution in [3.8, 4) is 17.1 Å². The molecule has 3 atom stereocenters. The third kappa shape index (κ3) is 8.13. The summed E-state index contributed by atoms with van der Waals surface area (Å²) < 4.78 is 22.9. The molecule has 0 bridgehead atoms. The van der Waals surface area contributed by atoms with E-state index in [0.29, 0.717) is 48.0 Å². The Balaban J connectivity index is 1.40. The Kier molecular flexibility index (Phi) is 11.3. The number of nitrogens with zero attached hydrogens (tertiary/aromatic N) is 1. The summed E-state index contributed by atoms with van der Waals surface area (Å²) in [7, 11) is -2.99. The molecule has 1 heterocycles. The van der Waals surface area contributed by atoms with E-state index in [1.54, 1.807) is 26.0 Å². The van der Waals surface area contributed by atoms with Crippen LogP contribution in [0.3, 0.4) is 0 Å². The van der Waals surface area contributed by atoms with Crippen molar-refractivity contribution >= 4 is 42.3 Å². The molecule has 232 valence electrons. The number of furan rings is 1. The highest BCUT2D eigenvalue weighted by Gasteiger charge is 2.31. The van der Waals surface area contributed by atoms with Gasteiger partial charge in [0.1, 0.15) is 11.5 Å². The first-order valence-electron chi connectivity index (χ1n) is 14.3. The number of carbonyl (C=O) groups is 3. The van der Waals surface area contributed by atoms with Gasteiger partial charge in [-0.1, -0.05) is 49.4 Å². The van der Waals surface area contributed by atoms with Crippen molar-refractivity contribution in [2.75, 3.05) is 13.3 Å². The number of hydrogen-bond donors (Lipinski definition) is 4. The SMILES string of the molecule is CCOc1cc(-c2ccc(C(=O)NCNC(=O)[C@H](CCc3ccc4ccccc4c3)[C@@H](CC)N(O)C=O)o2)cc([PH](=O)O)c1. The molecular formula is C32H36N3O8P. The highest BCUT2D eigenvalue weighted by atomic mass is 31.1. The Morgan fingerprint density at radius 3 is 2.50 bits per heavy atom. The highest BCUT2D eigenvalue weighted by molar-refractivity contribution is 7.47. The third-order valence-electron chi connectivity index (χ3n) is 7.32. The minimum atomic E-state index is -2.99. The van der Waals surface area contributed by atoms with E-state index in [2.05, 4.69) is 16.7 Å². The van der Waals surface area contributed by atoms with Crippen molar-refractivity contribution in [2.24, 2.45) is 5.92 Å². The molecule has 1 aromatic heterocycles. The van der Waals surface area contributed by atoms with Crippen LogP contribution >= 0.6 is 8.03 Å². The number of rotatable bonds is 15. The van der Waals surface area contributed by atoms with Gasteiger partial charge in [0.05, 0.1) is 25.2 Å². The van der Waals surface area contributed by atoms with Crippen LogP contribution in [0.15, 0.2) is 77.2 Å². The number of nitrogens with one attached hydrogen (secondary N) is 2. The fourth-order valence-electron chi connectivity index (χ4n) is 5.11. The largest absolute Gasteiger partial charge is 0.494 e. The van der Waals surface area contributed by atoms with Gasteiger partial charge in [0.15, 0.2) is 5.76 Å². The molecule has 0 aliphatic carbocycles. The van der Waals surface area contributed by atoms with E-state index in [4.69, 9.17) is 9.15 Å². The third-order valence-corrected chi connectivity index (χ3v) is 8.10. The number of carbonyl (C=O) groups excluding carboxylic acids is 3. The Labute approximate surface area is 255 Å². The lowest BCUT2D eigenvalue weighted by Gasteiger charge is -2.29. The number of benzene rings is 3.